The molecule has 2 aromatic carbocycles. The van der Waals surface area contributed by atoms with Crippen molar-refractivity contribution in [2.45, 2.75) is 52.4 Å². The Morgan fingerprint density at radius 1 is 0.575 bits per heavy atom. The van der Waals surface area contributed by atoms with Crippen molar-refractivity contribution in [3.05, 3.63) is 84.0 Å². The Labute approximate surface area is 236 Å². The highest BCUT2D eigenvalue weighted by atomic mass is 16.6. The number of hydrogen-bond donors (Lipinski definition) is 0. The maximum Gasteiger partial charge on any atom is 0.344 e. The van der Waals surface area contributed by atoms with Crippen LogP contribution in [0.2, 0.25) is 0 Å². The quantitative estimate of drug-likeness (QED) is 0.0896. The Morgan fingerprint density at radius 2 is 0.925 bits per heavy atom. The highest BCUT2D eigenvalue weighted by molar-refractivity contribution is 6.08. The Bertz CT molecular complexity index is 1070. The first-order valence-corrected chi connectivity index (χ1v) is 13.5. The molecule has 2 aromatic rings. The SMILES string of the molecule is C=C(CC)C(=O)c1ccc(OCC(=O)OCCCCCCOC(=O)COc2ccc(C(=O)C(=C)CC)cc2)cc1. The number of hydrogen-bond acceptors (Lipinski definition) is 8. The van der Waals surface area contributed by atoms with Crippen molar-refractivity contribution >= 4 is 23.5 Å². The normalized spacial score (nSPS) is 10.3. The third-order valence-corrected chi connectivity index (χ3v) is 6.01. The van der Waals surface area contributed by atoms with Gasteiger partial charge < -0.3 is 18.9 Å². The summed E-state index contributed by atoms with van der Waals surface area (Å²) in [6.07, 6.45) is 4.18. The molecular formula is C32H38O8. The summed E-state index contributed by atoms with van der Waals surface area (Å²) in [6.45, 7) is 11.4. The summed E-state index contributed by atoms with van der Waals surface area (Å²) in [5.74, 6) is -0.208. The van der Waals surface area contributed by atoms with E-state index in [4.69, 9.17) is 18.9 Å². The lowest BCUT2D eigenvalue weighted by molar-refractivity contribution is -0.147. The topological polar surface area (TPSA) is 105 Å². The van der Waals surface area contributed by atoms with Crippen molar-refractivity contribution in [1.29, 1.82) is 0 Å². The fourth-order valence-corrected chi connectivity index (χ4v) is 3.43. The van der Waals surface area contributed by atoms with E-state index in [-0.39, 0.29) is 38.0 Å². The minimum absolute atomic E-state index is 0.104. The monoisotopic (exact) mass is 550 g/mol. The average molecular weight is 551 g/mol. The second kappa shape index (κ2) is 17.4. The van der Waals surface area contributed by atoms with Gasteiger partial charge in [-0.3, -0.25) is 9.59 Å². The zero-order chi connectivity index (χ0) is 29.3. The number of unbranched alkanes of at least 4 members (excludes halogenated alkanes) is 3. The first kappa shape index (κ1) is 32.0. The molecule has 0 aliphatic heterocycles. The third-order valence-electron chi connectivity index (χ3n) is 6.01. The van der Waals surface area contributed by atoms with E-state index in [2.05, 4.69) is 13.2 Å². The van der Waals surface area contributed by atoms with Gasteiger partial charge in [-0.1, -0.05) is 27.0 Å². The number of rotatable bonds is 19. The first-order valence-electron chi connectivity index (χ1n) is 13.5. The highest BCUT2D eigenvalue weighted by Gasteiger charge is 2.11. The van der Waals surface area contributed by atoms with Crippen LogP contribution >= 0.6 is 0 Å². The number of esters is 2. The van der Waals surface area contributed by atoms with Crippen LogP contribution in [0.1, 0.15) is 73.1 Å². The second-order valence-corrected chi connectivity index (χ2v) is 9.05. The zero-order valence-corrected chi connectivity index (χ0v) is 23.4. The minimum atomic E-state index is -0.471. The molecule has 0 saturated carbocycles. The molecule has 0 atom stereocenters. The van der Waals surface area contributed by atoms with Gasteiger partial charge in [0.1, 0.15) is 11.5 Å². The molecule has 214 valence electrons. The van der Waals surface area contributed by atoms with Crippen LogP contribution in [0, 0.1) is 0 Å². The lowest BCUT2D eigenvalue weighted by Gasteiger charge is -2.09. The van der Waals surface area contributed by atoms with Gasteiger partial charge in [0.2, 0.25) is 0 Å². The van der Waals surface area contributed by atoms with Gasteiger partial charge in [0.25, 0.3) is 0 Å². The van der Waals surface area contributed by atoms with Gasteiger partial charge in [0.05, 0.1) is 13.2 Å². The molecule has 0 bridgehead atoms. The van der Waals surface area contributed by atoms with Gasteiger partial charge >= 0.3 is 11.9 Å². The van der Waals surface area contributed by atoms with Crippen LogP contribution in [0.15, 0.2) is 72.8 Å². The highest BCUT2D eigenvalue weighted by Crippen LogP contribution is 2.17. The summed E-state index contributed by atoms with van der Waals surface area (Å²) in [4.78, 5) is 47.9. The first-order chi connectivity index (χ1) is 19.2. The van der Waals surface area contributed by atoms with Crippen LogP contribution < -0.4 is 9.47 Å². The maximum atomic E-state index is 12.1. The van der Waals surface area contributed by atoms with E-state index in [0.29, 0.717) is 59.5 Å². The molecule has 0 fully saturated rings. The van der Waals surface area contributed by atoms with E-state index in [1.54, 1.807) is 48.5 Å². The number of carbonyl (C=O) groups is 4. The fraction of sp³-hybridized carbons (Fsp3) is 0.375. The predicted octanol–water partition coefficient (Wildman–Crippen LogP) is 6.09. The number of ether oxygens (including phenoxy) is 4. The van der Waals surface area contributed by atoms with Crippen LogP contribution in [0.25, 0.3) is 0 Å². The molecule has 2 rings (SSSR count). The van der Waals surface area contributed by atoms with E-state index in [1.165, 1.54) is 0 Å². The van der Waals surface area contributed by atoms with Gasteiger partial charge in [-0.15, -0.1) is 0 Å². The molecule has 40 heavy (non-hydrogen) atoms. The number of allylic oxidation sites excluding steroid dienone is 2. The molecule has 0 unspecified atom stereocenters. The fourth-order valence-electron chi connectivity index (χ4n) is 3.43. The van der Waals surface area contributed by atoms with Crippen LogP contribution in [0.5, 0.6) is 11.5 Å². The molecule has 0 aromatic heterocycles. The van der Waals surface area contributed by atoms with E-state index >= 15 is 0 Å². The largest absolute Gasteiger partial charge is 0.482 e. The molecular weight excluding hydrogens is 512 g/mol. The third kappa shape index (κ3) is 11.3. The molecule has 0 radical (unpaired) electrons. The van der Waals surface area contributed by atoms with Crippen LogP contribution in [-0.4, -0.2) is 49.9 Å². The molecule has 0 saturated heterocycles. The van der Waals surface area contributed by atoms with Crippen LogP contribution in [0.4, 0.5) is 0 Å². The lowest BCUT2D eigenvalue weighted by atomic mass is 10.0. The maximum absolute atomic E-state index is 12.1. The van der Waals surface area contributed by atoms with Crippen molar-refractivity contribution < 1.29 is 38.1 Å². The van der Waals surface area contributed by atoms with E-state index in [0.717, 1.165) is 12.8 Å². The van der Waals surface area contributed by atoms with Crippen LogP contribution in [0.3, 0.4) is 0 Å². The molecule has 0 heterocycles. The van der Waals surface area contributed by atoms with E-state index in [9.17, 15) is 19.2 Å². The summed E-state index contributed by atoms with van der Waals surface area (Å²) in [5.41, 5.74) is 2.13. The summed E-state index contributed by atoms with van der Waals surface area (Å²) < 4.78 is 21.2. The number of Topliss-reactive ketones (excluding diaryl/α,β-unsaturated/α-hetero) is 2. The predicted molar refractivity (Wildman–Crippen MR) is 152 cm³/mol. The van der Waals surface area contributed by atoms with E-state index < -0.39 is 11.9 Å². The molecule has 0 N–H and O–H groups in total. The molecule has 8 nitrogen and oxygen atoms in total. The van der Waals surface area contributed by atoms with Gasteiger partial charge in [-0.25, -0.2) is 9.59 Å². The summed E-state index contributed by atoms with van der Waals surface area (Å²) in [6, 6.07) is 13.1. The Hall–Kier alpha value is -4.20. The number of benzene rings is 2. The smallest absolute Gasteiger partial charge is 0.344 e. The van der Waals surface area contributed by atoms with Crippen molar-refractivity contribution in [2.75, 3.05) is 26.4 Å². The lowest BCUT2D eigenvalue weighted by Crippen LogP contribution is -2.16. The molecule has 0 aliphatic carbocycles. The average Bonchev–Trinajstić information content (AvgIpc) is 2.99. The van der Waals surface area contributed by atoms with Crippen LogP contribution in [-0.2, 0) is 19.1 Å². The Kier molecular flexibility index (Phi) is 13.9. The zero-order valence-electron chi connectivity index (χ0n) is 23.4. The van der Waals surface area contributed by atoms with Gasteiger partial charge in [0.15, 0.2) is 24.8 Å². The van der Waals surface area contributed by atoms with Crippen molar-refractivity contribution in [3.8, 4) is 11.5 Å². The Morgan fingerprint density at radius 3 is 1.25 bits per heavy atom. The number of carbonyl (C=O) groups excluding carboxylic acids is 4. The van der Waals surface area contributed by atoms with Gasteiger partial charge in [-0.05, 0) is 98.2 Å². The van der Waals surface area contributed by atoms with Crippen molar-refractivity contribution in [1.82, 2.24) is 0 Å². The van der Waals surface area contributed by atoms with Gasteiger partial charge in [0, 0.05) is 11.1 Å². The summed E-state index contributed by atoms with van der Waals surface area (Å²) >= 11 is 0. The summed E-state index contributed by atoms with van der Waals surface area (Å²) in [5, 5.41) is 0. The number of ketones is 2. The molecule has 0 amide bonds. The molecule has 0 spiro atoms. The standard InChI is InChI=1S/C32H38O8/c1-5-23(3)31(35)25-11-15-27(16-12-25)39-21-29(33)37-19-9-7-8-10-20-38-30(34)22-40-28-17-13-26(14-18-28)32(36)24(4)6-2/h11-18H,3-10,19-22H2,1-2H3. The van der Waals surface area contributed by atoms with Gasteiger partial charge in [-0.2, -0.15) is 0 Å². The Balaban J connectivity index is 1.50. The van der Waals surface area contributed by atoms with E-state index in [1.807, 2.05) is 13.8 Å². The molecule has 0 aliphatic rings. The minimum Gasteiger partial charge on any atom is -0.482 e. The molecule has 8 heteroatoms. The van der Waals surface area contributed by atoms with Crippen molar-refractivity contribution in [3.63, 3.8) is 0 Å². The van der Waals surface area contributed by atoms with Crippen molar-refractivity contribution in [2.24, 2.45) is 0 Å². The second-order valence-electron chi connectivity index (χ2n) is 9.05. The summed E-state index contributed by atoms with van der Waals surface area (Å²) in [7, 11) is 0.